The zero-order chi connectivity index (χ0) is 7.82. The number of hydrogen-bond acceptors (Lipinski definition) is 1. The van der Waals surface area contributed by atoms with Crippen molar-refractivity contribution >= 4 is 17.7 Å². The molecular weight excluding hydrogens is 142 g/mol. The van der Waals surface area contributed by atoms with E-state index in [-0.39, 0.29) is 0 Å². The van der Waals surface area contributed by atoms with Gasteiger partial charge in [-0.25, -0.2) is 0 Å². The van der Waals surface area contributed by atoms with Crippen molar-refractivity contribution in [1.29, 1.82) is 0 Å². The predicted molar refractivity (Wildman–Crippen MR) is 50.0 cm³/mol. The molecule has 10 heavy (non-hydrogen) atoms. The van der Waals surface area contributed by atoms with Gasteiger partial charge in [0, 0.05) is 5.70 Å². The second-order valence-electron chi connectivity index (χ2n) is 1.95. The topological polar surface area (TPSA) is 12.0 Å². The van der Waals surface area contributed by atoms with Gasteiger partial charge < -0.3 is 5.32 Å². The first-order valence-corrected chi connectivity index (χ1v) is 3.76. The van der Waals surface area contributed by atoms with Crippen molar-refractivity contribution in [3.63, 3.8) is 0 Å². The molecule has 0 atom stereocenters. The summed E-state index contributed by atoms with van der Waals surface area (Å²) in [6.07, 6.45) is 7.18. The molecule has 0 aliphatic rings. The Kier molecular flexibility index (Phi) is 6.08. The lowest BCUT2D eigenvalue weighted by atomic mass is 10.3. The normalized spacial score (nSPS) is 12.0. The first-order chi connectivity index (χ1) is 4.81. The summed E-state index contributed by atoms with van der Waals surface area (Å²) in [6, 6.07) is 0. The number of hydrogen-bond donors (Lipinski definition) is 1. The molecule has 0 spiro atoms. The van der Waals surface area contributed by atoms with Gasteiger partial charge in [-0.3, -0.25) is 0 Å². The van der Waals surface area contributed by atoms with E-state index in [0.717, 1.165) is 12.1 Å². The van der Waals surface area contributed by atoms with E-state index in [2.05, 4.69) is 29.7 Å². The highest BCUT2D eigenvalue weighted by molar-refractivity contribution is 7.78. The first-order valence-electron chi connectivity index (χ1n) is 3.29. The van der Waals surface area contributed by atoms with Crippen LogP contribution in [0.15, 0.2) is 23.9 Å². The number of allylic oxidation sites excluding steroid dienone is 4. The van der Waals surface area contributed by atoms with Crippen LogP contribution >= 0.6 is 12.2 Å². The van der Waals surface area contributed by atoms with Crippen LogP contribution in [0.4, 0.5) is 0 Å². The van der Waals surface area contributed by atoms with Gasteiger partial charge in [0.05, 0.1) is 5.49 Å². The maximum absolute atomic E-state index is 4.61. The van der Waals surface area contributed by atoms with Gasteiger partial charge in [0.1, 0.15) is 0 Å². The molecule has 0 heterocycles. The Morgan fingerprint density at radius 3 is 2.80 bits per heavy atom. The highest BCUT2D eigenvalue weighted by atomic mass is 32.1. The molecule has 0 radical (unpaired) electrons. The van der Waals surface area contributed by atoms with Crippen molar-refractivity contribution in [3.05, 3.63) is 23.9 Å². The van der Waals surface area contributed by atoms with Crippen molar-refractivity contribution in [1.82, 2.24) is 5.32 Å². The van der Waals surface area contributed by atoms with Crippen LogP contribution in [-0.4, -0.2) is 5.49 Å². The highest BCUT2D eigenvalue weighted by Gasteiger charge is 1.79. The number of nitrogens with one attached hydrogen (secondary N) is 1. The Hall–Kier alpha value is -0.630. The standard InChI is InChI=1S/C8H13NS/c1-3-4-5-6-8(2)9-7-10/h3-4,6-7H,5H2,1-2H3,(H,9,10)/b4-3+,8-6-. The Labute approximate surface area is 67.8 Å². The van der Waals surface area contributed by atoms with Gasteiger partial charge in [0.2, 0.25) is 0 Å². The summed E-state index contributed by atoms with van der Waals surface area (Å²) in [6.45, 7) is 4.00. The largest absolute Gasteiger partial charge is 0.357 e. The zero-order valence-electron chi connectivity index (χ0n) is 6.42. The van der Waals surface area contributed by atoms with Crippen LogP contribution in [0.25, 0.3) is 0 Å². The minimum absolute atomic E-state index is 0.971. The molecule has 0 saturated heterocycles. The smallest absolute Gasteiger partial charge is 0.0656 e. The average Bonchev–Trinajstić information content (AvgIpc) is 1.89. The lowest BCUT2D eigenvalue weighted by molar-refractivity contribution is 1.13. The molecule has 0 aromatic rings. The van der Waals surface area contributed by atoms with Crippen LogP contribution in [0.2, 0.25) is 0 Å². The summed E-state index contributed by atoms with van der Waals surface area (Å²) in [5.74, 6) is 0. The number of thiocarbonyl (C=S) groups is 1. The van der Waals surface area contributed by atoms with Crippen LogP contribution in [-0.2, 0) is 0 Å². The third-order valence-electron chi connectivity index (χ3n) is 1.08. The Morgan fingerprint density at radius 2 is 2.30 bits per heavy atom. The fourth-order valence-electron chi connectivity index (χ4n) is 0.533. The summed E-state index contributed by atoms with van der Waals surface area (Å²) < 4.78 is 0. The maximum Gasteiger partial charge on any atom is 0.0656 e. The van der Waals surface area contributed by atoms with Gasteiger partial charge in [-0.05, 0) is 20.3 Å². The molecule has 0 rings (SSSR count). The maximum atomic E-state index is 4.61. The van der Waals surface area contributed by atoms with Crippen LogP contribution in [0.5, 0.6) is 0 Å². The van der Waals surface area contributed by atoms with Crippen LogP contribution in [0.1, 0.15) is 20.3 Å². The van der Waals surface area contributed by atoms with Gasteiger partial charge in [0.15, 0.2) is 0 Å². The molecule has 0 amide bonds. The molecule has 0 bridgehead atoms. The third kappa shape index (κ3) is 5.51. The SMILES string of the molecule is C/C=C/C/C=C(/C)NC=S. The molecule has 56 valence electrons. The second kappa shape index (κ2) is 6.49. The van der Waals surface area contributed by atoms with Crippen LogP contribution < -0.4 is 5.32 Å². The fourth-order valence-corrected chi connectivity index (χ4v) is 0.719. The first kappa shape index (κ1) is 9.37. The van der Waals surface area contributed by atoms with Gasteiger partial charge in [-0.2, -0.15) is 0 Å². The molecule has 0 aliphatic carbocycles. The van der Waals surface area contributed by atoms with Gasteiger partial charge in [0.25, 0.3) is 0 Å². The average molecular weight is 155 g/mol. The zero-order valence-corrected chi connectivity index (χ0v) is 7.24. The van der Waals surface area contributed by atoms with E-state index >= 15 is 0 Å². The Balaban J connectivity index is 3.56. The van der Waals surface area contributed by atoms with Gasteiger partial charge in [-0.15, -0.1) is 0 Å². The van der Waals surface area contributed by atoms with E-state index in [1.807, 2.05) is 19.9 Å². The van der Waals surface area contributed by atoms with E-state index in [4.69, 9.17) is 0 Å². The molecule has 0 unspecified atom stereocenters. The summed E-state index contributed by atoms with van der Waals surface area (Å²) in [5.41, 5.74) is 2.62. The van der Waals surface area contributed by atoms with E-state index < -0.39 is 0 Å². The molecule has 0 aromatic carbocycles. The quantitative estimate of drug-likeness (QED) is 0.494. The molecule has 0 saturated carbocycles. The van der Waals surface area contributed by atoms with E-state index in [9.17, 15) is 0 Å². The minimum Gasteiger partial charge on any atom is -0.357 e. The molecular formula is C8H13NS. The summed E-state index contributed by atoms with van der Waals surface area (Å²) in [5, 5.41) is 2.92. The molecule has 2 heteroatoms. The Morgan fingerprint density at radius 1 is 1.60 bits per heavy atom. The molecule has 0 fully saturated rings. The third-order valence-corrected chi connectivity index (χ3v) is 1.20. The summed E-state index contributed by atoms with van der Waals surface area (Å²) in [4.78, 5) is 0. The van der Waals surface area contributed by atoms with Crippen LogP contribution in [0, 0.1) is 0 Å². The fraction of sp³-hybridized carbons (Fsp3) is 0.375. The number of rotatable bonds is 4. The minimum atomic E-state index is 0.971. The second-order valence-corrected chi connectivity index (χ2v) is 2.19. The van der Waals surface area contributed by atoms with Gasteiger partial charge in [-0.1, -0.05) is 30.4 Å². The van der Waals surface area contributed by atoms with E-state index in [0.29, 0.717) is 0 Å². The van der Waals surface area contributed by atoms with Crippen molar-refractivity contribution in [3.8, 4) is 0 Å². The summed E-state index contributed by atoms with van der Waals surface area (Å²) >= 11 is 4.61. The van der Waals surface area contributed by atoms with Crippen molar-refractivity contribution in [2.45, 2.75) is 20.3 Å². The highest BCUT2D eigenvalue weighted by Crippen LogP contribution is 1.90. The summed E-state index contributed by atoms with van der Waals surface area (Å²) in [7, 11) is 0. The van der Waals surface area contributed by atoms with Crippen molar-refractivity contribution in [2.75, 3.05) is 0 Å². The Bertz CT molecular complexity index is 147. The van der Waals surface area contributed by atoms with E-state index in [1.54, 1.807) is 0 Å². The van der Waals surface area contributed by atoms with E-state index in [1.165, 1.54) is 5.49 Å². The lowest BCUT2D eigenvalue weighted by Crippen LogP contribution is -2.04. The molecule has 1 nitrogen and oxygen atoms in total. The molecule has 1 N–H and O–H groups in total. The predicted octanol–water partition coefficient (Wildman–Crippen LogP) is 2.40. The van der Waals surface area contributed by atoms with Crippen molar-refractivity contribution < 1.29 is 0 Å². The molecule has 0 aromatic heterocycles. The monoisotopic (exact) mass is 155 g/mol. The van der Waals surface area contributed by atoms with Gasteiger partial charge >= 0.3 is 0 Å². The molecule has 0 aliphatic heterocycles. The van der Waals surface area contributed by atoms with Crippen LogP contribution in [0.3, 0.4) is 0 Å². The van der Waals surface area contributed by atoms with Crippen molar-refractivity contribution in [2.24, 2.45) is 0 Å². The lowest BCUT2D eigenvalue weighted by Gasteiger charge is -1.95.